The van der Waals surface area contributed by atoms with E-state index in [2.05, 4.69) is 13.0 Å². The summed E-state index contributed by atoms with van der Waals surface area (Å²) in [5, 5.41) is 9.21. The molecule has 0 radical (unpaired) electrons. The SMILES string of the molecule is CCCCCCOC1=CC=C(C#N)C(N)C1=Cc1ccccc1. The number of unbranched alkanes of at least 4 members (excludes halogenated alkanes) is 3. The molecule has 1 atom stereocenters. The van der Waals surface area contributed by atoms with Crippen molar-refractivity contribution < 1.29 is 4.74 Å². The third-order valence-electron chi connectivity index (χ3n) is 3.88. The monoisotopic (exact) mass is 308 g/mol. The van der Waals surface area contributed by atoms with E-state index in [0.29, 0.717) is 12.2 Å². The summed E-state index contributed by atoms with van der Waals surface area (Å²) in [5.41, 5.74) is 8.72. The van der Waals surface area contributed by atoms with Crippen molar-refractivity contribution in [2.24, 2.45) is 5.73 Å². The first kappa shape index (κ1) is 17.1. The summed E-state index contributed by atoms with van der Waals surface area (Å²) in [5.74, 6) is 0.775. The molecular weight excluding hydrogens is 284 g/mol. The zero-order valence-electron chi connectivity index (χ0n) is 13.7. The fraction of sp³-hybridized carbons (Fsp3) is 0.350. The standard InChI is InChI=1S/C20H24N2O/c1-2-3-4-8-13-23-19-12-11-17(15-21)20(22)18(19)14-16-9-6-5-7-10-16/h5-7,9-12,14,20H,2-4,8,13,22H2,1H3. The molecule has 2 rings (SSSR count). The zero-order valence-corrected chi connectivity index (χ0v) is 13.7. The molecule has 0 aromatic heterocycles. The Hall–Kier alpha value is -2.31. The Labute approximate surface area is 138 Å². The van der Waals surface area contributed by atoms with Crippen LogP contribution in [0.25, 0.3) is 6.08 Å². The molecule has 1 aliphatic carbocycles. The first-order valence-corrected chi connectivity index (χ1v) is 8.23. The van der Waals surface area contributed by atoms with Gasteiger partial charge in [-0.1, -0.05) is 56.5 Å². The molecule has 3 nitrogen and oxygen atoms in total. The Kier molecular flexibility index (Phi) is 6.65. The second-order valence-electron chi connectivity index (χ2n) is 5.66. The third kappa shape index (κ3) is 4.84. The highest BCUT2D eigenvalue weighted by Crippen LogP contribution is 2.27. The van der Waals surface area contributed by atoms with Gasteiger partial charge in [0, 0.05) is 5.57 Å². The van der Waals surface area contributed by atoms with Crippen LogP contribution in [0.2, 0.25) is 0 Å². The lowest BCUT2D eigenvalue weighted by atomic mass is 9.92. The number of nitrogens with two attached hydrogens (primary N) is 1. The van der Waals surface area contributed by atoms with Crippen LogP contribution in [0, 0.1) is 11.3 Å². The number of hydrogen-bond acceptors (Lipinski definition) is 3. The van der Waals surface area contributed by atoms with E-state index in [1.54, 1.807) is 6.08 Å². The quantitative estimate of drug-likeness (QED) is 0.762. The largest absolute Gasteiger partial charge is 0.493 e. The number of benzene rings is 1. The Bertz CT molecular complexity index is 635. The van der Waals surface area contributed by atoms with Crippen LogP contribution in [0.3, 0.4) is 0 Å². The third-order valence-corrected chi connectivity index (χ3v) is 3.88. The van der Waals surface area contributed by atoms with E-state index in [4.69, 9.17) is 10.5 Å². The molecule has 0 saturated heterocycles. The number of nitrogens with zero attached hydrogens (tertiary/aromatic N) is 1. The maximum atomic E-state index is 9.21. The van der Waals surface area contributed by atoms with E-state index in [1.165, 1.54) is 19.3 Å². The van der Waals surface area contributed by atoms with Crippen LogP contribution >= 0.6 is 0 Å². The normalized spacial score (nSPS) is 19.0. The molecule has 1 unspecified atom stereocenters. The van der Waals surface area contributed by atoms with Crippen molar-refractivity contribution in [1.82, 2.24) is 0 Å². The highest BCUT2D eigenvalue weighted by Gasteiger charge is 2.22. The summed E-state index contributed by atoms with van der Waals surface area (Å²) >= 11 is 0. The first-order valence-electron chi connectivity index (χ1n) is 8.23. The molecule has 0 bridgehead atoms. The van der Waals surface area contributed by atoms with Gasteiger partial charge in [-0.2, -0.15) is 5.26 Å². The van der Waals surface area contributed by atoms with Crippen LogP contribution in [0.4, 0.5) is 0 Å². The fourth-order valence-corrected chi connectivity index (χ4v) is 2.53. The van der Waals surface area contributed by atoms with Crippen molar-refractivity contribution in [3.05, 3.63) is 65.0 Å². The predicted molar refractivity (Wildman–Crippen MR) is 94.3 cm³/mol. The van der Waals surface area contributed by atoms with Crippen molar-refractivity contribution in [3.63, 3.8) is 0 Å². The molecule has 0 aliphatic heterocycles. The smallest absolute Gasteiger partial charge is 0.124 e. The van der Waals surface area contributed by atoms with Crippen molar-refractivity contribution in [2.75, 3.05) is 6.61 Å². The van der Waals surface area contributed by atoms with Gasteiger partial charge in [0.2, 0.25) is 0 Å². The van der Waals surface area contributed by atoms with Gasteiger partial charge in [-0.3, -0.25) is 0 Å². The van der Waals surface area contributed by atoms with Crippen molar-refractivity contribution in [2.45, 2.75) is 38.6 Å². The van der Waals surface area contributed by atoms with E-state index < -0.39 is 6.04 Å². The molecule has 0 saturated carbocycles. The summed E-state index contributed by atoms with van der Waals surface area (Å²) in [6, 6.07) is 11.7. The molecular formula is C20H24N2O. The van der Waals surface area contributed by atoms with Gasteiger partial charge >= 0.3 is 0 Å². The van der Waals surface area contributed by atoms with Crippen molar-refractivity contribution >= 4 is 6.08 Å². The zero-order chi connectivity index (χ0) is 16.5. The second-order valence-corrected chi connectivity index (χ2v) is 5.66. The number of rotatable bonds is 7. The van der Waals surface area contributed by atoms with Crippen LogP contribution in [0.5, 0.6) is 0 Å². The molecule has 2 N–H and O–H groups in total. The highest BCUT2D eigenvalue weighted by molar-refractivity contribution is 5.64. The molecule has 3 heteroatoms. The topological polar surface area (TPSA) is 59.0 Å². The lowest BCUT2D eigenvalue weighted by molar-refractivity contribution is 0.210. The molecule has 0 amide bonds. The van der Waals surface area contributed by atoms with Gasteiger partial charge in [0.05, 0.1) is 24.3 Å². The Morgan fingerprint density at radius 3 is 2.65 bits per heavy atom. The fourth-order valence-electron chi connectivity index (χ4n) is 2.53. The molecule has 1 aromatic carbocycles. The highest BCUT2D eigenvalue weighted by atomic mass is 16.5. The summed E-state index contributed by atoms with van der Waals surface area (Å²) in [6.45, 7) is 2.87. The lowest BCUT2D eigenvalue weighted by Gasteiger charge is -2.22. The predicted octanol–water partition coefficient (Wildman–Crippen LogP) is 4.34. The number of nitriles is 1. The second kappa shape index (κ2) is 8.97. The number of hydrogen-bond donors (Lipinski definition) is 1. The van der Waals surface area contributed by atoms with Crippen molar-refractivity contribution in [3.8, 4) is 6.07 Å². The van der Waals surface area contributed by atoms with Gasteiger partial charge in [0.25, 0.3) is 0 Å². The summed E-state index contributed by atoms with van der Waals surface area (Å²) < 4.78 is 5.94. The van der Waals surface area contributed by atoms with Gasteiger partial charge in [-0.15, -0.1) is 0 Å². The minimum absolute atomic E-state index is 0.434. The Morgan fingerprint density at radius 2 is 1.96 bits per heavy atom. The minimum Gasteiger partial charge on any atom is -0.493 e. The molecule has 0 heterocycles. The van der Waals surface area contributed by atoms with E-state index in [9.17, 15) is 5.26 Å². The molecule has 1 aromatic rings. The molecule has 23 heavy (non-hydrogen) atoms. The molecule has 120 valence electrons. The van der Waals surface area contributed by atoms with Crippen LogP contribution in [-0.4, -0.2) is 12.6 Å². The Balaban J connectivity index is 2.15. The minimum atomic E-state index is -0.434. The first-order chi connectivity index (χ1) is 11.3. The maximum absolute atomic E-state index is 9.21. The molecule has 1 aliphatic rings. The van der Waals surface area contributed by atoms with E-state index in [0.717, 1.165) is 23.3 Å². The van der Waals surface area contributed by atoms with Crippen LogP contribution in [0.1, 0.15) is 38.2 Å². The van der Waals surface area contributed by atoms with E-state index in [1.807, 2.05) is 42.5 Å². The molecule has 0 fully saturated rings. The van der Waals surface area contributed by atoms with Gasteiger partial charge in [0.15, 0.2) is 0 Å². The van der Waals surface area contributed by atoms with Crippen LogP contribution in [0.15, 0.2) is 59.4 Å². The van der Waals surface area contributed by atoms with Crippen LogP contribution in [-0.2, 0) is 4.74 Å². The van der Waals surface area contributed by atoms with Gasteiger partial charge < -0.3 is 10.5 Å². The Morgan fingerprint density at radius 1 is 1.17 bits per heavy atom. The summed E-state index contributed by atoms with van der Waals surface area (Å²) in [7, 11) is 0. The van der Waals surface area contributed by atoms with Gasteiger partial charge in [-0.05, 0) is 30.2 Å². The number of ether oxygens (including phenoxy) is 1. The summed E-state index contributed by atoms with van der Waals surface area (Å²) in [4.78, 5) is 0. The van der Waals surface area contributed by atoms with Crippen LogP contribution < -0.4 is 5.73 Å². The maximum Gasteiger partial charge on any atom is 0.124 e. The van der Waals surface area contributed by atoms with E-state index >= 15 is 0 Å². The molecule has 0 spiro atoms. The van der Waals surface area contributed by atoms with E-state index in [-0.39, 0.29) is 0 Å². The average Bonchev–Trinajstić information content (AvgIpc) is 2.58. The van der Waals surface area contributed by atoms with Crippen molar-refractivity contribution in [1.29, 1.82) is 5.26 Å². The van der Waals surface area contributed by atoms with Gasteiger partial charge in [-0.25, -0.2) is 0 Å². The summed E-state index contributed by atoms with van der Waals surface area (Å²) in [6.07, 6.45) is 10.3. The average molecular weight is 308 g/mol. The number of allylic oxidation sites excluding steroid dienone is 2. The van der Waals surface area contributed by atoms with Gasteiger partial charge in [0.1, 0.15) is 5.76 Å². The lowest BCUT2D eigenvalue weighted by Crippen LogP contribution is -2.28.